The summed E-state index contributed by atoms with van der Waals surface area (Å²) in [6, 6.07) is 0. The molecule has 0 heterocycles. The number of rotatable bonds is 6. The van der Waals surface area contributed by atoms with Crippen molar-refractivity contribution in [2.75, 3.05) is 0 Å². The van der Waals surface area contributed by atoms with Crippen LogP contribution in [0.5, 0.6) is 0 Å². The van der Waals surface area contributed by atoms with Gasteiger partial charge in [0.2, 0.25) is 0 Å². The van der Waals surface area contributed by atoms with Gasteiger partial charge in [0.1, 0.15) is 5.78 Å². The van der Waals surface area contributed by atoms with Gasteiger partial charge in [-0.3, -0.25) is 9.59 Å². The van der Waals surface area contributed by atoms with Crippen LogP contribution in [0.15, 0.2) is 0 Å². The standard InChI is InChI=1S/C13H26O4Si/c1-9(14)8-11(10(2)12(15)16)17-18(6,7)13(3,4)5/h10-11H,8H2,1-7H3,(H,15,16)/t10?,11-/m1/s1. The van der Waals surface area contributed by atoms with Crippen LogP contribution in [0.3, 0.4) is 0 Å². The zero-order valence-electron chi connectivity index (χ0n) is 12.5. The molecule has 2 atom stereocenters. The number of carbonyl (C=O) groups is 2. The lowest BCUT2D eigenvalue weighted by Crippen LogP contribution is -2.47. The number of carboxylic acids is 1. The average Bonchev–Trinajstić information content (AvgIpc) is 2.12. The molecule has 0 aliphatic heterocycles. The maximum Gasteiger partial charge on any atom is 0.308 e. The molecule has 1 N–H and O–H groups in total. The van der Waals surface area contributed by atoms with E-state index in [0.717, 1.165) is 0 Å². The highest BCUT2D eigenvalue weighted by Gasteiger charge is 2.41. The molecule has 5 heteroatoms. The molecule has 18 heavy (non-hydrogen) atoms. The molecule has 0 aliphatic rings. The van der Waals surface area contributed by atoms with Gasteiger partial charge in [0.15, 0.2) is 8.32 Å². The van der Waals surface area contributed by atoms with Crippen molar-refractivity contribution in [1.29, 1.82) is 0 Å². The van der Waals surface area contributed by atoms with Crippen LogP contribution in [0, 0.1) is 5.92 Å². The topological polar surface area (TPSA) is 63.6 Å². The highest BCUT2D eigenvalue weighted by Crippen LogP contribution is 2.38. The summed E-state index contributed by atoms with van der Waals surface area (Å²) in [6.45, 7) is 13.5. The number of hydrogen-bond donors (Lipinski definition) is 1. The first kappa shape index (κ1) is 17.3. The van der Waals surface area contributed by atoms with Crippen molar-refractivity contribution in [2.45, 2.75) is 65.3 Å². The summed E-state index contributed by atoms with van der Waals surface area (Å²) in [5.74, 6) is -1.62. The van der Waals surface area contributed by atoms with Gasteiger partial charge in [-0.15, -0.1) is 0 Å². The summed E-state index contributed by atoms with van der Waals surface area (Å²) in [5, 5.41) is 9.09. The van der Waals surface area contributed by atoms with E-state index in [4.69, 9.17) is 9.53 Å². The summed E-state index contributed by atoms with van der Waals surface area (Å²) in [5.41, 5.74) is 0. The summed E-state index contributed by atoms with van der Waals surface area (Å²) in [4.78, 5) is 22.3. The fourth-order valence-corrected chi connectivity index (χ4v) is 2.72. The first-order valence-corrected chi connectivity index (χ1v) is 9.19. The molecule has 0 saturated carbocycles. The highest BCUT2D eigenvalue weighted by atomic mass is 28.4. The SMILES string of the molecule is CC(=O)C[C@@H](O[Si](C)(C)C(C)(C)C)C(C)C(=O)O. The molecule has 0 aromatic rings. The Balaban J connectivity index is 5.01. The average molecular weight is 274 g/mol. The van der Waals surface area contributed by atoms with Crippen LogP contribution in [0.2, 0.25) is 18.1 Å². The second-order valence-electron chi connectivity index (χ2n) is 6.45. The molecule has 0 fully saturated rings. The van der Waals surface area contributed by atoms with Crippen molar-refractivity contribution in [3.8, 4) is 0 Å². The molecule has 0 bridgehead atoms. The van der Waals surface area contributed by atoms with Gasteiger partial charge in [-0.2, -0.15) is 0 Å². The van der Waals surface area contributed by atoms with Crippen molar-refractivity contribution in [1.82, 2.24) is 0 Å². The van der Waals surface area contributed by atoms with Gasteiger partial charge < -0.3 is 9.53 Å². The maximum absolute atomic E-state index is 11.3. The first-order valence-electron chi connectivity index (χ1n) is 6.28. The Kier molecular flexibility index (Phi) is 5.75. The van der Waals surface area contributed by atoms with E-state index in [-0.39, 0.29) is 17.2 Å². The molecule has 0 radical (unpaired) electrons. The Hall–Kier alpha value is -0.683. The lowest BCUT2D eigenvalue weighted by Gasteiger charge is -2.40. The summed E-state index contributed by atoms with van der Waals surface area (Å²) in [7, 11) is -2.06. The van der Waals surface area contributed by atoms with Gasteiger partial charge >= 0.3 is 5.97 Å². The van der Waals surface area contributed by atoms with E-state index in [2.05, 4.69) is 33.9 Å². The van der Waals surface area contributed by atoms with E-state index in [1.54, 1.807) is 6.92 Å². The summed E-state index contributed by atoms with van der Waals surface area (Å²) >= 11 is 0. The minimum atomic E-state index is -2.06. The first-order chi connectivity index (χ1) is 7.88. The maximum atomic E-state index is 11.3. The van der Waals surface area contributed by atoms with E-state index < -0.39 is 26.3 Å². The van der Waals surface area contributed by atoms with Crippen molar-refractivity contribution >= 4 is 20.1 Å². The lowest BCUT2D eigenvalue weighted by atomic mass is 10.0. The Morgan fingerprint density at radius 3 is 2.00 bits per heavy atom. The Labute approximate surface area is 111 Å². The van der Waals surface area contributed by atoms with Gasteiger partial charge in [0, 0.05) is 6.42 Å². The van der Waals surface area contributed by atoms with Gasteiger partial charge in [-0.1, -0.05) is 20.8 Å². The van der Waals surface area contributed by atoms with Crippen LogP contribution in [0.1, 0.15) is 41.0 Å². The van der Waals surface area contributed by atoms with Crippen LogP contribution >= 0.6 is 0 Å². The second-order valence-corrected chi connectivity index (χ2v) is 11.2. The monoisotopic (exact) mass is 274 g/mol. The van der Waals surface area contributed by atoms with Crippen LogP contribution in [-0.2, 0) is 14.0 Å². The molecule has 0 amide bonds. The number of ketones is 1. The fourth-order valence-electron chi connectivity index (χ4n) is 1.32. The normalized spacial score (nSPS) is 16.2. The third-order valence-electron chi connectivity index (χ3n) is 3.69. The molecule has 0 rings (SSSR count). The molecule has 0 aromatic heterocycles. The number of carbonyl (C=O) groups excluding carboxylic acids is 1. The Morgan fingerprint density at radius 2 is 1.72 bits per heavy atom. The minimum absolute atomic E-state index is 0.000260. The van der Waals surface area contributed by atoms with Crippen molar-refractivity contribution in [3.05, 3.63) is 0 Å². The van der Waals surface area contributed by atoms with Crippen molar-refractivity contribution < 1.29 is 19.1 Å². The van der Waals surface area contributed by atoms with Gasteiger partial charge in [-0.05, 0) is 32.0 Å². The third kappa shape index (κ3) is 4.90. The molecular formula is C13H26O4Si. The molecule has 106 valence electrons. The van der Waals surface area contributed by atoms with E-state index in [1.165, 1.54) is 6.92 Å². The van der Waals surface area contributed by atoms with Crippen LogP contribution in [0.4, 0.5) is 0 Å². The van der Waals surface area contributed by atoms with Gasteiger partial charge in [-0.25, -0.2) is 0 Å². The predicted molar refractivity (Wildman–Crippen MR) is 74.2 cm³/mol. The number of aliphatic carboxylic acids is 1. The number of hydrogen-bond acceptors (Lipinski definition) is 3. The van der Waals surface area contributed by atoms with E-state index in [0.29, 0.717) is 0 Å². The fraction of sp³-hybridized carbons (Fsp3) is 0.846. The molecular weight excluding hydrogens is 248 g/mol. The quantitative estimate of drug-likeness (QED) is 0.756. The smallest absolute Gasteiger partial charge is 0.308 e. The molecule has 1 unspecified atom stereocenters. The molecule has 0 spiro atoms. The second kappa shape index (κ2) is 5.97. The molecule has 0 aromatic carbocycles. The largest absolute Gasteiger partial charge is 0.481 e. The number of Topliss-reactive ketones (excluding diaryl/α,β-unsaturated/α-hetero) is 1. The number of carboxylic acid groups (broad SMARTS) is 1. The predicted octanol–water partition coefficient (Wildman–Crippen LogP) is 3.08. The molecule has 0 saturated heterocycles. The van der Waals surface area contributed by atoms with E-state index >= 15 is 0 Å². The van der Waals surface area contributed by atoms with E-state index in [1.807, 2.05) is 0 Å². The van der Waals surface area contributed by atoms with Crippen molar-refractivity contribution in [2.24, 2.45) is 5.92 Å². The van der Waals surface area contributed by atoms with Gasteiger partial charge in [0.05, 0.1) is 12.0 Å². The highest BCUT2D eigenvalue weighted by molar-refractivity contribution is 6.74. The minimum Gasteiger partial charge on any atom is -0.481 e. The third-order valence-corrected chi connectivity index (χ3v) is 8.19. The summed E-state index contributed by atoms with van der Waals surface area (Å²) < 4.78 is 6.07. The molecule has 0 aliphatic carbocycles. The van der Waals surface area contributed by atoms with Crippen LogP contribution in [-0.4, -0.2) is 31.3 Å². The lowest BCUT2D eigenvalue weighted by molar-refractivity contribution is -0.144. The van der Waals surface area contributed by atoms with Gasteiger partial charge in [0.25, 0.3) is 0 Å². The zero-order valence-corrected chi connectivity index (χ0v) is 13.5. The van der Waals surface area contributed by atoms with E-state index in [9.17, 15) is 9.59 Å². The Morgan fingerprint density at radius 1 is 1.28 bits per heavy atom. The van der Waals surface area contributed by atoms with Crippen LogP contribution in [0.25, 0.3) is 0 Å². The summed E-state index contributed by atoms with van der Waals surface area (Å²) in [6.07, 6.45) is -0.360. The van der Waals surface area contributed by atoms with Crippen molar-refractivity contribution in [3.63, 3.8) is 0 Å². The Bertz CT molecular complexity index is 317. The molecule has 4 nitrogen and oxygen atoms in total. The zero-order chi connectivity index (χ0) is 14.7. The van der Waals surface area contributed by atoms with Crippen LogP contribution < -0.4 is 0 Å².